The standard InChI is InChI=1S/C21H23Cl2NO/c22-18-8-4-16(5-9-18)12-15-24-20(25)21(13-2-1-3-14-21)17-6-10-19(23)11-7-17/h4-11H,1-3,12-15H2,(H,24,25). The lowest BCUT2D eigenvalue weighted by Crippen LogP contribution is -2.46. The quantitative estimate of drug-likeness (QED) is 0.728. The molecular weight excluding hydrogens is 353 g/mol. The fraction of sp³-hybridized carbons (Fsp3) is 0.381. The van der Waals surface area contributed by atoms with E-state index < -0.39 is 5.41 Å². The van der Waals surface area contributed by atoms with E-state index in [1.807, 2.05) is 48.5 Å². The number of hydrogen-bond acceptors (Lipinski definition) is 1. The Balaban J connectivity index is 1.69. The Morgan fingerprint density at radius 2 is 1.44 bits per heavy atom. The molecule has 0 heterocycles. The summed E-state index contributed by atoms with van der Waals surface area (Å²) in [7, 11) is 0. The summed E-state index contributed by atoms with van der Waals surface area (Å²) in [5.74, 6) is 0.142. The van der Waals surface area contributed by atoms with Crippen molar-refractivity contribution in [3.63, 3.8) is 0 Å². The number of halogens is 2. The van der Waals surface area contributed by atoms with E-state index in [4.69, 9.17) is 23.2 Å². The molecule has 0 radical (unpaired) electrons. The highest BCUT2D eigenvalue weighted by molar-refractivity contribution is 6.30. The predicted octanol–water partition coefficient (Wildman–Crippen LogP) is 5.55. The summed E-state index contributed by atoms with van der Waals surface area (Å²) in [5.41, 5.74) is 1.84. The van der Waals surface area contributed by atoms with Crippen molar-refractivity contribution >= 4 is 29.1 Å². The van der Waals surface area contributed by atoms with Gasteiger partial charge in [0.15, 0.2) is 0 Å². The lowest BCUT2D eigenvalue weighted by Gasteiger charge is -2.36. The van der Waals surface area contributed by atoms with Gasteiger partial charge >= 0.3 is 0 Å². The van der Waals surface area contributed by atoms with E-state index in [-0.39, 0.29) is 5.91 Å². The van der Waals surface area contributed by atoms with E-state index in [1.165, 1.54) is 12.0 Å². The number of hydrogen-bond donors (Lipinski definition) is 1. The Hall–Kier alpha value is -1.51. The van der Waals surface area contributed by atoms with Crippen molar-refractivity contribution in [2.75, 3.05) is 6.54 Å². The first-order chi connectivity index (χ1) is 12.1. The van der Waals surface area contributed by atoms with Crippen LogP contribution in [0.2, 0.25) is 10.0 Å². The van der Waals surface area contributed by atoms with Crippen LogP contribution in [-0.2, 0) is 16.6 Å². The molecule has 1 fully saturated rings. The van der Waals surface area contributed by atoms with Crippen LogP contribution in [0.1, 0.15) is 43.2 Å². The highest BCUT2D eigenvalue weighted by atomic mass is 35.5. The number of amides is 1. The normalized spacial score (nSPS) is 16.4. The average Bonchev–Trinajstić information content (AvgIpc) is 2.64. The largest absolute Gasteiger partial charge is 0.355 e. The van der Waals surface area contributed by atoms with E-state index in [0.717, 1.165) is 42.7 Å². The summed E-state index contributed by atoms with van der Waals surface area (Å²) >= 11 is 11.9. The fourth-order valence-corrected chi connectivity index (χ4v) is 3.96. The molecule has 3 rings (SSSR count). The Kier molecular flexibility index (Phi) is 6.03. The molecule has 1 N–H and O–H groups in total. The summed E-state index contributed by atoms with van der Waals surface area (Å²) in [6.07, 6.45) is 6.00. The maximum atomic E-state index is 13.1. The van der Waals surface area contributed by atoms with Gasteiger partial charge in [-0.25, -0.2) is 0 Å². The van der Waals surface area contributed by atoms with Gasteiger partial charge in [-0.15, -0.1) is 0 Å². The number of carbonyl (C=O) groups excluding carboxylic acids is 1. The zero-order valence-electron chi connectivity index (χ0n) is 14.2. The van der Waals surface area contributed by atoms with E-state index in [1.54, 1.807) is 0 Å². The lowest BCUT2D eigenvalue weighted by molar-refractivity contribution is -0.128. The van der Waals surface area contributed by atoms with Crippen LogP contribution >= 0.6 is 23.2 Å². The van der Waals surface area contributed by atoms with Gasteiger partial charge in [0.1, 0.15) is 0 Å². The second-order valence-electron chi connectivity index (χ2n) is 6.78. The van der Waals surface area contributed by atoms with Crippen LogP contribution in [0.4, 0.5) is 0 Å². The third-order valence-corrected chi connectivity index (χ3v) is 5.66. The van der Waals surface area contributed by atoms with Crippen LogP contribution in [-0.4, -0.2) is 12.5 Å². The monoisotopic (exact) mass is 375 g/mol. The van der Waals surface area contributed by atoms with Crippen molar-refractivity contribution in [2.45, 2.75) is 43.9 Å². The Morgan fingerprint density at radius 1 is 0.880 bits per heavy atom. The van der Waals surface area contributed by atoms with E-state index in [0.29, 0.717) is 11.6 Å². The van der Waals surface area contributed by atoms with Crippen molar-refractivity contribution in [3.05, 3.63) is 69.7 Å². The third kappa shape index (κ3) is 4.37. The maximum absolute atomic E-state index is 13.1. The predicted molar refractivity (Wildman–Crippen MR) is 104 cm³/mol. The van der Waals surface area contributed by atoms with Gasteiger partial charge in [-0.05, 0) is 54.7 Å². The molecule has 2 aromatic carbocycles. The zero-order chi connectivity index (χ0) is 17.7. The van der Waals surface area contributed by atoms with Gasteiger partial charge in [0.05, 0.1) is 5.41 Å². The molecule has 0 atom stereocenters. The molecule has 0 bridgehead atoms. The molecule has 25 heavy (non-hydrogen) atoms. The minimum Gasteiger partial charge on any atom is -0.355 e. The molecule has 1 aliphatic rings. The van der Waals surface area contributed by atoms with Gasteiger partial charge in [0.2, 0.25) is 5.91 Å². The van der Waals surface area contributed by atoms with Crippen molar-refractivity contribution < 1.29 is 4.79 Å². The second kappa shape index (κ2) is 8.25. The van der Waals surface area contributed by atoms with Gasteiger partial charge in [-0.2, -0.15) is 0 Å². The Morgan fingerprint density at radius 3 is 2.04 bits per heavy atom. The summed E-state index contributed by atoms with van der Waals surface area (Å²) in [5, 5.41) is 4.60. The Bertz CT molecular complexity index is 704. The first-order valence-electron chi connectivity index (χ1n) is 8.89. The smallest absolute Gasteiger partial charge is 0.230 e. The SMILES string of the molecule is O=C(NCCc1ccc(Cl)cc1)C1(c2ccc(Cl)cc2)CCCCC1. The molecule has 1 amide bonds. The molecular formula is C21H23Cl2NO. The van der Waals surface area contributed by atoms with Gasteiger partial charge in [-0.1, -0.05) is 66.7 Å². The molecule has 0 unspecified atom stereocenters. The third-order valence-electron chi connectivity index (χ3n) is 5.15. The van der Waals surface area contributed by atoms with Crippen molar-refractivity contribution in [1.82, 2.24) is 5.32 Å². The molecule has 0 spiro atoms. The highest BCUT2D eigenvalue weighted by Crippen LogP contribution is 2.40. The van der Waals surface area contributed by atoms with E-state index in [2.05, 4.69) is 5.32 Å². The first kappa shape index (κ1) is 18.3. The van der Waals surface area contributed by atoms with Crippen LogP contribution in [0.5, 0.6) is 0 Å². The number of nitrogens with one attached hydrogen (secondary N) is 1. The van der Waals surface area contributed by atoms with Gasteiger partial charge < -0.3 is 5.32 Å². The lowest BCUT2D eigenvalue weighted by atomic mass is 9.68. The van der Waals surface area contributed by atoms with Crippen LogP contribution in [0.25, 0.3) is 0 Å². The molecule has 1 aliphatic carbocycles. The molecule has 0 aliphatic heterocycles. The summed E-state index contributed by atoms with van der Waals surface area (Å²) < 4.78 is 0. The minimum absolute atomic E-state index is 0.142. The maximum Gasteiger partial charge on any atom is 0.230 e. The van der Waals surface area contributed by atoms with Crippen molar-refractivity contribution in [2.24, 2.45) is 0 Å². The average molecular weight is 376 g/mol. The van der Waals surface area contributed by atoms with Crippen molar-refractivity contribution in [3.8, 4) is 0 Å². The molecule has 0 aromatic heterocycles. The van der Waals surface area contributed by atoms with Crippen LogP contribution in [0, 0.1) is 0 Å². The summed E-state index contributed by atoms with van der Waals surface area (Å²) in [6, 6.07) is 15.6. The fourth-order valence-electron chi connectivity index (χ4n) is 3.71. The topological polar surface area (TPSA) is 29.1 Å². The van der Waals surface area contributed by atoms with Crippen LogP contribution in [0.3, 0.4) is 0 Å². The molecule has 2 aromatic rings. The minimum atomic E-state index is -0.414. The molecule has 2 nitrogen and oxygen atoms in total. The highest BCUT2D eigenvalue weighted by Gasteiger charge is 2.40. The van der Waals surface area contributed by atoms with E-state index >= 15 is 0 Å². The summed E-state index contributed by atoms with van der Waals surface area (Å²) in [4.78, 5) is 13.1. The number of carbonyl (C=O) groups is 1. The molecule has 132 valence electrons. The number of rotatable bonds is 5. The van der Waals surface area contributed by atoms with Gasteiger partial charge in [0, 0.05) is 16.6 Å². The second-order valence-corrected chi connectivity index (χ2v) is 7.65. The van der Waals surface area contributed by atoms with E-state index in [9.17, 15) is 4.79 Å². The van der Waals surface area contributed by atoms with Crippen molar-refractivity contribution in [1.29, 1.82) is 0 Å². The Labute approximate surface area is 159 Å². The molecule has 4 heteroatoms. The zero-order valence-corrected chi connectivity index (χ0v) is 15.7. The molecule has 1 saturated carbocycles. The van der Waals surface area contributed by atoms with Gasteiger partial charge in [-0.3, -0.25) is 4.79 Å². The summed E-state index contributed by atoms with van der Waals surface area (Å²) in [6.45, 7) is 0.635. The van der Waals surface area contributed by atoms with Crippen LogP contribution in [0.15, 0.2) is 48.5 Å². The number of benzene rings is 2. The first-order valence-corrected chi connectivity index (χ1v) is 9.64. The molecule has 0 saturated heterocycles. The van der Waals surface area contributed by atoms with Gasteiger partial charge in [0.25, 0.3) is 0 Å². The van der Waals surface area contributed by atoms with Crippen LogP contribution < -0.4 is 5.32 Å².